The van der Waals surface area contributed by atoms with Crippen molar-refractivity contribution in [3.05, 3.63) is 65.8 Å². The number of benzene rings is 2. The monoisotopic (exact) mass is 340 g/mol. The molecule has 0 atom stereocenters. The Balaban J connectivity index is 2.16. The van der Waals surface area contributed by atoms with Gasteiger partial charge in [-0.3, -0.25) is 4.79 Å². The van der Waals surface area contributed by atoms with E-state index in [4.69, 9.17) is 14.2 Å². The van der Waals surface area contributed by atoms with Crippen molar-refractivity contribution < 1.29 is 24.1 Å². The summed E-state index contributed by atoms with van der Waals surface area (Å²) in [4.78, 5) is 12.3. The van der Waals surface area contributed by atoms with Crippen LogP contribution >= 0.6 is 0 Å². The molecule has 0 saturated heterocycles. The minimum Gasteiger partial charge on any atom is -0.502 e. The SMILES string of the molecule is COc1ccccc1/C=C/C=C/C(=O)c1cc(OC)c(O)c(OC)c1. The van der Waals surface area contributed by atoms with E-state index in [1.807, 2.05) is 30.3 Å². The molecule has 2 aromatic rings. The molecule has 0 unspecified atom stereocenters. The van der Waals surface area contributed by atoms with Crippen LogP contribution in [0, 0.1) is 0 Å². The molecule has 0 saturated carbocycles. The minimum atomic E-state index is -0.235. The second-order valence-electron chi connectivity index (χ2n) is 5.05. The summed E-state index contributed by atoms with van der Waals surface area (Å²) in [6.45, 7) is 0. The number of methoxy groups -OCH3 is 3. The van der Waals surface area contributed by atoms with Crippen LogP contribution in [0.15, 0.2) is 54.6 Å². The summed E-state index contributed by atoms with van der Waals surface area (Å²) in [5.74, 6) is 0.746. The van der Waals surface area contributed by atoms with Crippen molar-refractivity contribution in [3.8, 4) is 23.0 Å². The predicted molar refractivity (Wildman–Crippen MR) is 96.7 cm³/mol. The van der Waals surface area contributed by atoms with E-state index < -0.39 is 0 Å². The summed E-state index contributed by atoms with van der Waals surface area (Å²) in [5, 5.41) is 9.88. The van der Waals surface area contributed by atoms with Gasteiger partial charge in [0.25, 0.3) is 0 Å². The molecule has 25 heavy (non-hydrogen) atoms. The smallest absolute Gasteiger partial charge is 0.200 e. The highest BCUT2D eigenvalue weighted by atomic mass is 16.5. The third kappa shape index (κ3) is 4.41. The van der Waals surface area contributed by atoms with Crippen LogP contribution in [0.3, 0.4) is 0 Å². The molecule has 0 aromatic heterocycles. The molecule has 1 N–H and O–H groups in total. The van der Waals surface area contributed by atoms with Crippen LogP contribution in [0.25, 0.3) is 6.08 Å². The van der Waals surface area contributed by atoms with Crippen LogP contribution in [0.2, 0.25) is 0 Å². The Bertz CT molecular complexity index is 780. The van der Waals surface area contributed by atoms with Gasteiger partial charge in [0.2, 0.25) is 5.75 Å². The summed E-state index contributed by atoms with van der Waals surface area (Å²) < 4.78 is 15.4. The number of rotatable bonds is 7. The first kappa shape index (κ1) is 18.1. The highest BCUT2D eigenvalue weighted by Crippen LogP contribution is 2.37. The highest BCUT2D eigenvalue weighted by Gasteiger charge is 2.13. The van der Waals surface area contributed by atoms with Crippen LogP contribution in [-0.4, -0.2) is 32.2 Å². The van der Waals surface area contributed by atoms with Gasteiger partial charge in [0.1, 0.15) is 5.75 Å². The second-order valence-corrected chi connectivity index (χ2v) is 5.05. The number of hydrogen-bond donors (Lipinski definition) is 1. The third-order valence-corrected chi connectivity index (χ3v) is 3.54. The van der Waals surface area contributed by atoms with Gasteiger partial charge in [0.05, 0.1) is 21.3 Å². The fourth-order valence-corrected chi connectivity index (χ4v) is 2.24. The number of para-hydroxylation sites is 1. The second kappa shape index (κ2) is 8.59. The molecule has 5 nitrogen and oxygen atoms in total. The van der Waals surface area contributed by atoms with Crippen molar-refractivity contribution in [2.75, 3.05) is 21.3 Å². The van der Waals surface area contributed by atoms with E-state index in [2.05, 4.69) is 0 Å². The Morgan fingerprint density at radius 3 is 2.12 bits per heavy atom. The molecule has 0 radical (unpaired) electrons. The summed E-state index contributed by atoms with van der Waals surface area (Å²) in [5.41, 5.74) is 1.27. The number of carbonyl (C=O) groups excluding carboxylic acids is 1. The van der Waals surface area contributed by atoms with Crippen molar-refractivity contribution in [2.24, 2.45) is 0 Å². The molecule has 0 heterocycles. The summed E-state index contributed by atoms with van der Waals surface area (Å²) in [6, 6.07) is 10.5. The number of allylic oxidation sites excluding steroid dienone is 3. The molecule has 0 aliphatic carbocycles. The van der Waals surface area contributed by atoms with E-state index in [1.54, 1.807) is 19.3 Å². The predicted octanol–water partition coefficient (Wildman–Crippen LogP) is 3.87. The zero-order valence-corrected chi connectivity index (χ0v) is 14.4. The van der Waals surface area contributed by atoms with Gasteiger partial charge < -0.3 is 19.3 Å². The van der Waals surface area contributed by atoms with Gasteiger partial charge in [-0.25, -0.2) is 0 Å². The number of carbonyl (C=O) groups is 1. The fourth-order valence-electron chi connectivity index (χ4n) is 2.24. The van der Waals surface area contributed by atoms with Crippen molar-refractivity contribution in [2.45, 2.75) is 0 Å². The van der Waals surface area contributed by atoms with E-state index in [0.717, 1.165) is 11.3 Å². The molecule has 0 amide bonds. The molecule has 0 bridgehead atoms. The van der Waals surface area contributed by atoms with Crippen molar-refractivity contribution in [1.82, 2.24) is 0 Å². The van der Waals surface area contributed by atoms with Crippen LogP contribution in [-0.2, 0) is 0 Å². The quantitative estimate of drug-likeness (QED) is 0.471. The van der Waals surface area contributed by atoms with Gasteiger partial charge in [0, 0.05) is 11.1 Å². The maximum Gasteiger partial charge on any atom is 0.200 e. The zero-order valence-electron chi connectivity index (χ0n) is 14.4. The minimum absolute atomic E-state index is 0.137. The Morgan fingerprint density at radius 1 is 0.920 bits per heavy atom. The molecule has 130 valence electrons. The van der Waals surface area contributed by atoms with Crippen molar-refractivity contribution in [1.29, 1.82) is 0 Å². The number of phenols is 1. The number of phenolic OH excluding ortho intramolecular Hbond substituents is 1. The van der Waals surface area contributed by atoms with Crippen LogP contribution in [0.5, 0.6) is 23.0 Å². The van der Waals surface area contributed by atoms with Gasteiger partial charge >= 0.3 is 0 Å². The Hall–Kier alpha value is -3.21. The fraction of sp³-hybridized carbons (Fsp3) is 0.150. The van der Waals surface area contributed by atoms with Gasteiger partial charge in [-0.15, -0.1) is 0 Å². The molecular formula is C20H20O5. The van der Waals surface area contributed by atoms with Crippen LogP contribution < -0.4 is 14.2 Å². The van der Waals surface area contributed by atoms with Crippen molar-refractivity contribution >= 4 is 11.9 Å². The van der Waals surface area contributed by atoms with Gasteiger partial charge in [-0.05, 0) is 24.3 Å². The van der Waals surface area contributed by atoms with Gasteiger partial charge in [0.15, 0.2) is 17.3 Å². The summed E-state index contributed by atoms with van der Waals surface area (Å²) in [7, 11) is 4.43. The number of hydrogen-bond acceptors (Lipinski definition) is 5. The first-order chi connectivity index (χ1) is 12.1. The average molecular weight is 340 g/mol. The van der Waals surface area contributed by atoms with Gasteiger partial charge in [-0.2, -0.15) is 0 Å². The lowest BCUT2D eigenvalue weighted by Crippen LogP contribution is -1.97. The number of ketones is 1. The van der Waals surface area contributed by atoms with Gasteiger partial charge in [-0.1, -0.05) is 36.4 Å². The van der Waals surface area contributed by atoms with Crippen molar-refractivity contribution in [3.63, 3.8) is 0 Å². The molecule has 5 heteroatoms. The lowest BCUT2D eigenvalue weighted by molar-refractivity contribution is 0.104. The highest BCUT2D eigenvalue weighted by molar-refractivity contribution is 6.05. The molecule has 0 aliphatic rings. The van der Waals surface area contributed by atoms with E-state index in [-0.39, 0.29) is 23.0 Å². The third-order valence-electron chi connectivity index (χ3n) is 3.54. The van der Waals surface area contributed by atoms with E-state index in [0.29, 0.717) is 5.56 Å². The standard InChI is InChI=1S/C20H20O5/c1-23-17-11-7-5-9-14(17)8-4-6-10-16(21)15-12-18(24-2)20(22)19(13-15)25-3/h4-13,22H,1-3H3/b8-4+,10-6+. The zero-order chi connectivity index (χ0) is 18.2. The summed E-state index contributed by atoms with van der Waals surface area (Å²) in [6.07, 6.45) is 6.67. The molecule has 0 fully saturated rings. The normalized spacial score (nSPS) is 11.0. The molecule has 2 rings (SSSR count). The lowest BCUT2D eigenvalue weighted by Gasteiger charge is -2.09. The van der Waals surface area contributed by atoms with Crippen LogP contribution in [0.4, 0.5) is 0 Å². The van der Waals surface area contributed by atoms with Crippen LogP contribution in [0.1, 0.15) is 15.9 Å². The average Bonchev–Trinajstić information content (AvgIpc) is 2.65. The first-order valence-corrected chi connectivity index (χ1v) is 7.57. The Morgan fingerprint density at radius 2 is 1.52 bits per heavy atom. The molecule has 0 spiro atoms. The number of ether oxygens (including phenoxy) is 3. The molecule has 2 aromatic carbocycles. The Labute approximate surface area is 146 Å². The topological polar surface area (TPSA) is 65.0 Å². The number of aromatic hydroxyl groups is 1. The van der Waals surface area contributed by atoms with E-state index in [1.165, 1.54) is 32.4 Å². The maximum absolute atomic E-state index is 12.3. The molecular weight excluding hydrogens is 320 g/mol. The van der Waals surface area contributed by atoms with E-state index in [9.17, 15) is 9.90 Å². The molecule has 0 aliphatic heterocycles. The summed E-state index contributed by atoms with van der Waals surface area (Å²) >= 11 is 0. The van der Waals surface area contributed by atoms with E-state index >= 15 is 0 Å². The Kier molecular flexibility index (Phi) is 6.23. The largest absolute Gasteiger partial charge is 0.502 e. The maximum atomic E-state index is 12.3. The first-order valence-electron chi connectivity index (χ1n) is 7.57. The lowest BCUT2D eigenvalue weighted by atomic mass is 10.1.